The number of halogens is 1. The highest BCUT2D eigenvalue weighted by atomic mass is 35.5. The van der Waals surface area contributed by atoms with Crippen LogP contribution in [0.5, 0.6) is 5.75 Å². The van der Waals surface area contributed by atoms with E-state index in [1.807, 2.05) is 24.3 Å². The summed E-state index contributed by atoms with van der Waals surface area (Å²) in [5.41, 5.74) is 1.44. The van der Waals surface area contributed by atoms with Gasteiger partial charge in [-0.2, -0.15) is 0 Å². The average molecular weight is 502 g/mol. The molecule has 0 saturated carbocycles. The number of nitrogens with zero attached hydrogens (tertiary/aromatic N) is 1. The van der Waals surface area contributed by atoms with Gasteiger partial charge in [0.1, 0.15) is 5.75 Å². The second-order valence-electron chi connectivity index (χ2n) is 8.81. The molecule has 5 nitrogen and oxygen atoms in total. The average Bonchev–Trinajstić information content (AvgIpc) is 2.88. The van der Waals surface area contributed by atoms with Gasteiger partial charge in [-0.25, -0.2) is 0 Å². The fourth-order valence-electron chi connectivity index (χ4n) is 3.89. The molecule has 0 atom stereocenters. The molecule has 0 unspecified atom stereocenters. The first-order valence-electron chi connectivity index (χ1n) is 12.9. The largest absolute Gasteiger partial charge is 0.497 e. The van der Waals surface area contributed by atoms with E-state index in [4.69, 9.17) is 21.1 Å². The van der Waals surface area contributed by atoms with Crippen LogP contribution in [-0.2, 0) is 9.53 Å². The summed E-state index contributed by atoms with van der Waals surface area (Å²) in [6.07, 6.45) is 11.0. The van der Waals surface area contributed by atoms with Crippen LogP contribution in [0.4, 0.5) is 5.69 Å². The Kier molecular flexibility index (Phi) is 13.9. The summed E-state index contributed by atoms with van der Waals surface area (Å²) in [5.74, 6) is 0.617. The van der Waals surface area contributed by atoms with Crippen LogP contribution in [-0.4, -0.2) is 32.1 Å². The van der Waals surface area contributed by atoms with Gasteiger partial charge in [0.2, 0.25) is 0 Å². The first kappa shape index (κ1) is 28.7. The molecule has 0 radical (unpaired) electrons. The molecule has 0 aromatic heterocycles. The Morgan fingerprint density at radius 3 is 2.11 bits per heavy atom. The third-order valence-corrected chi connectivity index (χ3v) is 6.25. The number of unbranched alkanes of at least 4 members (excludes halogenated alkanes) is 8. The second kappa shape index (κ2) is 17.0. The standard InChI is InChI=1S/C29H40ClNO4/c1-3-4-5-9-12-23-35-28(32)13-10-7-6-8-11-22-31(26-18-20-27(34-2)21-19-26)29(33)24-14-16-25(30)17-15-24/h14-21H,3-13,22-23H2,1-2H3. The van der Waals surface area contributed by atoms with Crippen molar-refractivity contribution in [1.29, 1.82) is 0 Å². The van der Waals surface area contributed by atoms with E-state index in [0.717, 1.165) is 56.4 Å². The SMILES string of the molecule is CCCCCCCOC(=O)CCCCCCCN(C(=O)c1ccc(Cl)cc1)c1ccc(OC)cc1. The minimum absolute atomic E-state index is 0.0516. The van der Waals surface area contributed by atoms with Crippen molar-refractivity contribution in [3.8, 4) is 5.75 Å². The molecule has 6 heteroatoms. The van der Waals surface area contributed by atoms with Gasteiger partial charge in [0.05, 0.1) is 13.7 Å². The summed E-state index contributed by atoms with van der Waals surface area (Å²) < 4.78 is 10.6. The van der Waals surface area contributed by atoms with Crippen LogP contribution in [0, 0.1) is 0 Å². The maximum atomic E-state index is 13.2. The minimum atomic E-state index is -0.0836. The summed E-state index contributed by atoms with van der Waals surface area (Å²) in [6, 6.07) is 14.5. The monoisotopic (exact) mass is 501 g/mol. The predicted molar refractivity (Wildman–Crippen MR) is 144 cm³/mol. The maximum absolute atomic E-state index is 13.2. The van der Waals surface area contributed by atoms with Crippen LogP contribution in [0.25, 0.3) is 0 Å². The van der Waals surface area contributed by atoms with Crippen molar-refractivity contribution < 1.29 is 19.1 Å². The Hall–Kier alpha value is -2.53. The molecular formula is C29H40ClNO4. The van der Waals surface area contributed by atoms with Gasteiger partial charge in [-0.3, -0.25) is 9.59 Å². The van der Waals surface area contributed by atoms with Gasteiger partial charge in [-0.15, -0.1) is 0 Å². The molecular weight excluding hydrogens is 462 g/mol. The lowest BCUT2D eigenvalue weighted by Crippen LogP contribution is -2.31. The van der Waals surface area contributed by atoms with Crippen molar-refractivity contribution in [2.45, 2.75) is 77.6 Å². The topological polar surface area (TPSA) is 55.8 Å². The second-order valence-corrected chi connectivity index (χ2v) is 9.25. The Bertz CT molecular complexity index is 867. The van der Waals surface area contributed by atoms with Gasteiger partial charge in [0.15, 0.2) is 0 Å². The fourth-order valence-corrected chi connectivity index (χ4v) is 4.02. The molecule has 1 amide bonds. The van der Waals surface area contributed by atoms with Crippen LogP contribution in [0.15, 0.2) is 48.5 Å². The van der Waals surface area contributed by atoms with Crippen molar-refractivity contribution in [3.05, 3.63) is 59.1 Å². The van der Waals surface area contributed by atoms with E-state index >= 15 is 0 Å². The maximum Gasteiger partial charge on any atom is 0.305 e. The summed E-state index contributed by atoms with van der Waals surface area (Å²) >= 11 is 5.99. The molecule has 0 bridgehead atoms. The van der Waals surface area contributed by atoms with Crippen molar-refractivity contribution in [1.82, 2.24) is 0 Å². The highest BCUT2D eigenvalue weighted by Gasteiger charge is 2.17. The zero-order valence-electron chi connectivity index (χ0n) is 21.3. The molecule has 0 aliphatic heterocycles. The lowest BCUT2D eigenvalue weighted by Gasteiger charge is -2.23. The fraction of sp³-hybridized carbons (Fsp3) is 0.517. The number of anilines is 1. The number of hydrogen-bond acceptors (Lipinski definition) is 4. The molecule has 0 aliphatic rings. The molecule has 192 valence electrons. The molecule has 35 heavy (non-hydrogen) atoms. The quantitative estimate of drug-likeness (QED) is 0.163. The third kappa shape index (κ3) is 11.2. The van der Waals surface area contributed by atoms with Crippen LogP contribution in [0.2, 0.25) is 5.02 Å². The zero-order valence-corrected chi connectivity index (χ0v) is 22.0. The molecule has 0 spiro atoms. The number of benzene rings is 2. The Balaban J connectivity index is 1.73. The van der Waals surface area contributed by atoms with E-state index in [2.05, 4.69) is 6.92 Å². The molecule has 2 aromatic rings. The first-order valence-corrected chi connectivity index (χ1v) is 13.3. The van der Waals surface area contributed by atoms with Crippen LogP contribution < -0.4 is 9.64 Å². The Morgan fingerprint density at radius 1 is 0.800 bits per heavy atom. The number of amides is 1. The Morgan fingerprint density at radius 2 is 1.43 bits per heavy atom. The van der Waals surface area contributed by atoms with Gasteiger partial charge in [0, 0.05) is 29.2 Å². The molecule has 0 saturated heterocycles. The summed E-state index contributed by atoms with van der Waals surface area (Å²) in [4.78, 5) is 26.9. The smallest absolute Gasteiger partial charge is 0.305 e. The zero-order chi connectivity index (χ0) is 25.3. The first-order chi connectivity index (χ1) is 17.0. The summed E-state index contributed by atoms with van der Waals surface area (Å²) in [6.45, 7) is 3.36. The molecule has 0 N–H and O–H groups in total. The highest BCUT2D eigenvalue weighted by Crippen LogP contribution is 2.23. The van der Waals surface area contributed by atoms with Gasteiger partial charge in [-0.1, -0.05) is 63.5 Å². The lowest BCUT2D eigenvalue weighted by atomic mass is 10.1. The van der Waals surface area contributed by atoms with E-state index in [1.54, 1.807) is 36.3 Å². The molecule has 0 aliphatic carbocycles. The van der Waals surface area contributed by atoms with Gasteiger partial charge < -0.3 is 14.4 Å². The van der Waals surface area contributed by atoms with E-state index in [-0.39, 0.29) is 11.9 Å². The van der Waals surface area contributed by atoms with Crippen LogP contribution in [0.3, 0.4) is 0 Å². The molecule has 2 rings (SSSR count). The van der Waals surface area contributed by atoms with Crippen molar-refractivity contribution >= 4 is 29.2 Å². The summed E-state index contributed by atoms with van der Waals surface area (Å²) in [7, 11) is 1.62. The highest BCUT2D eigenvalue weighted by molar-refractivity contribution is 6.30. The van der Waals surface area contributed by atoms with Crippen LogP contribution >= 0.6 is 11.6 Å². The number of ether oxygens (including phenoxy) is 2. The van der Waals surface area contributed by atoms with Crippen molar-refractivity contribution in [2.75, 3.05) is 25.2 Å². The van der Waals surface area contributed by atoms with Crippen LogP contribution in [0.1, 0.15) is 87.9 Å². The molecule has 0 heterocycles. The summed E-state index contributed by atoms with van der Waals surface area (Å²) in [5, 5.41) is 0.605. The minimum Gasteiger partial charge on any atom is -0.497 e. The van der Waals surface area contributed by atoms with E-state index in [1.165, 1.54) is 19.3 Å². The number of hydrogen-bond donors (Lipinski definition) is 0. The van der Waals surface area contributed by atoms with Gasteiger partial charge in [-0.05, 0) is 67.8 Å². The number of carbonyl (C=O) groups excluding carboxylic acids is 2. The normalized spacial score (nSPS) is 10.7. The van der Waals surface area contributed by atoms with Crippen molar-refractivity contribution in [2.24, 2.45) is 0 Å². The van der Waals surface area contributed by atoms with Gasteiger partial charge in [0.25, 0.3) is 5.91 Å². The van der Waals surface area contributed by atoms with E-state index < -0.39 is 0 Å². The number of methoxy groups -OCH3 is 1. The molecule has 2 aromatic carbocycles. The van der Waals surface area contributed by atoms with E-state index in [9.17, 15) is 9.59 Å². The van der Waals surface area contributed by atoms with E-state index in [0.29, 0.717) is 30.2 Å². The van der Waals surface area contributed by atoms with Gasteiger partial charge >= 0.3 is 5.97 Å². The number of rotatable bonds is 17. The van der Waals surface area contributed by atoms with Crippen molar-refractivity contribution in [3.63, 3.8) is 0 Å². The Labute approximate surface area is 215 Å². The third-order valence-electron chi connectivity index (χ3n) is 5.99. The lowest BCUT2D eigenvalue weighted by molar-refractivity contribution is -0.143. The molecule has 0 fully saturated rings. The number of carbonyl (C=O) groups is 2. The predicted octanol–water partition coefficient (Wildman–Crippen LogP) is 7.85. The number of esters is 1.